The topological polar surface area (TPSA) is 75.7 Å². The van der Waals surface area contributed by atoms with Crippen LogP contribution in [0, 0.1) is 6.92 Å². The van der Waals surface area contributed by atoms with Crippen LogP contribution in [0.3, 0.4) is 0 Å². The minimum absolute atomic E-state index is 0.142. The van der Waals surface area contributed by atoms with Crippen molar-refractivity contribution in [3.05, 3.63) is 59.7 Å². The Morgan fingerprint density at radius 2 is 1.88 bits per heavy atom. The number of methoxy groups -OCH3 is 1. The molecule has 0 aliphatic carbocycles. The molecule has 6 nitrogen and oxygen atoms in total. The molecular weight excluding hydrogens is 340 g/mol. The van der Waals surface area contributed by atoms with Crippen LogP contribution in [0.5, 0.6) is 5.75 Å². The molecule has 0 bridgehead atoms. The second-order valence-electron chi connectivity index (χ2n) is 5.63. The van der Waals surface area contributed by atoms with Crippen molar-refractivity contribution in [3.8, 4) is 5.75 Å². The van der Waals surface area contributed by atoms with Gasteiger partial charge in [-0.15, -0.1) is 0 Å². The highest BCUT2D eigenvalue weighted by molar-refractivity contribution is 7.92. The molecular formula is C18H22N2O4S. The summed E-state index contributed by atoms with van der Waals surface area (Å²) in [5, 5.41) is 2.74. The van der Waals surface area contributed by atoms with Crippen LogP contribution in [0.2, 0.25) is 0 Å². The number of ether oxygens (including phenoxy) is 1. The Labute approximate surface area is 148 Å². The molecule has 0 atom stereocenters. The van der Waals surface area contributed by atoms with Gasteiger partial charge in [-0.3, -0.25) is 9.10 Å². The van der Waals surface area contributed by atoms with E-state index in [0.29, 0.717) is 17.0 Å². The minimum Gasteiger partial charge on any atom is -0.496 e. The zero-order valence-electron chi connectivity index (χ0n) is 14.5. The lowest BCUT2D eigenvalue weighted by Gasteiger charge is -2.23. The molecule has 1 N–H and O–H groups in total. The maximum atomic E-state index is 12.3. The van der Waals surface area contributed by atoms with E-state index in [1.807, 2.05) is 13.0 Å². The highest BCUT2D eigenvalue weighted by atomic mass is 32.2. The van der Waals surface area contributed by atoms with Crippen LogP contribution < -0.4 is 14.4 Å². The zero-order valence-corrected chi connectivity index (χ0v) is 15.3. The fourth-order valence-corrected chi connectivity index (χ4v) is 3.39. The number of hydrogen-bond acceptors (Lipinski definition) is 4. The summed E-state index contributed by atoms with van der Waals surface area (Å²) in [5.74, 6) is 0.161. The molecule has 7 heteroatoms. The molecule has 0 aromatic heterocycles. The van der Waals surface area contributed by atoms with Gasteiger partial charge in [0.25, 0.3) is 5.91 Å². The third-order valence-electron chi connectivity index (χ3n) is 3.64. The van der Waals surface area contributed by atoms with Crippen molar-refractivity contribution in [1.29, 1.82) is 0 Å². The van der Waals surface area contributed by atoms with Crippen molar-refractivity contribution in [2.45, 2.75) is 6.92 Å². The number of nitrogens with zero attached hydrogens (tertiary/aromatic N) is 1. The molecule has 0 aliphatic heterocycles. The molecule has 2 aromatic carbocycles. The highest BCUT2D eigenvalue weighted by Gasteiger charge is 2.18. The number of para-hydroxylation sites is 1. The van der Waals surface area contributed by atoms with E-state index in [2.05, 4.69) is 5.32 Å². The minimum atomic E-state index is -3.45. The van der Waals surface area contributed by atoms with Gasteiger partial charge in [-0.2, -0.15) is 0 Å². The van der Waals surface area contributed by atoms with Gasteiger partial charge in [-0.1, -0.05) is 24.3 Å². The second kappa shape index (κ2) is 8.02. The number of hydrogen-bond donors (Lipinski definition) is 1. The van der Waals surface area contributed by atoms with Gasteiger partial charge >= 0.3 is 0 Å². The van der Waals surface area contributed by atoms with Crippen LogP contribution in [0.1, 0.15) is 15.9 Å². The summed E-state index contributed by atoms with van der Waals surface area (Å²) >= 11 is 0. The molecule has 2 rings (SSSR count). The monoisotopic (exact) mass is 362 g/mol. The van der Waals surface area contributed by atoms with E-state index < -0.39 is 10.0 Å². The Morgan fingerprint density at radius 3 is 2.52 bits per heavy atom. The van der Waals surface area contributed by atoms with Gasteiger partial charge in [0.05, 0.1) is 31.2 Å². The van der Waals surface area contributed by atoms with Gasteiger partial charge in [0, 0.05) is 6.54 Å². The normalized spacial score (nSPS) is 11.0. The molecule has 0 heterocycles. The molecule has 1 amide bonds. The zero-order chi connectivity index (χ0) is 18.4. The van der Waals surface area contributed by atoms with E-state index in [9.17, 15) is 13.2 Å². The Balaban J connectivity index is 2.08. The summed E-state index contributed by atoms with van der Waals surface area (Å²) in [4.78, 5) is 12.3. The van der Waals surface area contributed by atoms with Crippen LogP contribution in [0.4, 0.5) is 5.69 Å². The summed E-state index contributed by atoms with van der Waals surface area (Å²) in [7, 11) is -1.96. The molecule has 134 valence electrons. The molecule has 0 aliphatic rings. The Bertz CT molecular complexity index is 850. The molecule has 0 unspecified atom stereocenters. The first kappa shape index (κ1) is 18.8. The number of benzene rings is 2. The number of anilines is 1. The first-order chi connectivity index (χ1) is 11.8. The van der Waals surface area contributed by atoms with E-state index in [-0.39, 0.29) is 19.0 Å². The number of rotatable bonds is 7. The third kappa shape index (κ3) is 4.96. The Kier molecular flexibility index (Phi) is 6.03. The van der Waals surface area contributed by atoms with Crippen LogP contribution in [-0.2, 0) is 10.0 Å². The van der Waals surface area contributed by atoms with E-state index >= 15 is 0 Å². The van der Waals surface area contributed by atoms with Crippen molar-refractivity contribution in [2.75, 3.05) is 30.8 Å². The van der Waals surface area contributed by atoms with Crippen molar-refractivity contribution in [2.24, 2.45) is 0 Å². The van der Waals surface area contributed by atoms with Crippen molar-refractivity contribution in [1.82, 2.24) is 5.32 Å². The van der Waals surface area contributed by atoms with Gasteiger partial charge < -0.3 is 10.1 Å². The lowest BCUT2D eigenvalue weighted by atomic mass is 10.2. The summed E-state index contributed by atoms with van der Waals surface area (Å²) in [5.41, 5.74) is 1.95. The Hall–Kier alpha value is -2.54. The van der Waals surface area contributed by atoms with Gasteiger partial charge in [0.1, 0.15) is 5.75 Å². The highest BCUT2D eigenvalue weighted by Crippen LogP contribution is 2.19. The molecule has 0 saturated carbocycles. The van der Waals surface area contributed by atoms with Crippen LogP contribution in [0.25, 0.3) is 0 Å². The molecule has 0 fully saturated rings. The lowest BCUT2D eigenvalue weighted by molar-refractivity contribution is 0.0952. The fourth-order valence-electron chi connectivity index (χ4n) is 2.47. The van der Waals surface area contributed by atoms with Gasteiger partial charge in [0.15, 0.2) is 0 Å². The largest absolute Gasteiger partial charge is 0.496 e. The van der Waals surface area contributed by atoms with E-state index in [0.717, 1.165) is 11.8 Å². The smallest absolute Gasteiger partial charge is 0.255 e. The molecule has 25 heavy (non-hydrogen) atoms. The van der Waals surface area contributed by atoms with Crippen LogP contribution in [0.15, 0.2) is 48.5 Å². The van der Waals surface area contributed by atoms with Gasteiger partial charge in [0.2, 0.25) is 10.0 Å². The van der Waals surface area contributed by atoms with Crippen molar-refractivity contribution < 1.29 is 17.9 Å². The average Bonchev–Trinajstić information content (AvgIpc) is 2.57. The summed E-state index contributed by atoms with van der Waals surface area (Å²) in [6, 6.07) is 14.1. The van der Waals surface area contributed by atoms with Gasteiger partial charge in [-0.05, 0) is 36.8 Å². The first-order valence-electron chi connectivity index (χ1n) is 7.78. The second-order valence-corrected chi connectivity index (χ2v) is 7.54. The predicted octanol–water partition coefficient (Wildman–Crippen LogP) is 2.20. The van der Waals surface area contributed by atoms with Crippen molar-refractivity contribution in [3.63, 3.8) is 0 Å². The van der Waals surface area contributed by atoms with E-state index in [1.54, 1.807) is 42.5 Å². The molecule has 2 aromatic rings. The summed E-state index contributed by atoms with van der Waals surface area (Å²) in [6.45, 7) is 2.22. The van der Waals surface area contributed by atoms with E-state index in [1.165, 1.54) is 11.4 Å². The maximum absolute atomic E-state index is 12.3. The average molecular weight is 362 g/mol. The third-order valence-corrected chi connectivity index (χ3v) is 4.84. The number of aryl methyl sites for hydroxylation is 1. The molecule has 0 saturated heterocycles. The van der Waals surface area contributed by atoms with E-state index in [4.69, 9.17) is 4.74 Å². The Morgan fingerprint density at radius 1 is 1.16 bits per heavy atom. The lowest BCUT2D eigenvalue weighted by Crippen LogP contribution is -2.38. The maximum Gasteiger partial charge on any atom is 0.255 e. The summed E-state index contributed by atoms with van der Waals surface area (Å²) < 4.78 is 30.6. The number of amides is 1. The first-order valence-corrected chi connectivity index (χ1v) is 9.63. The number of sulfonamides is 1. The number of carbonyl (C=O) groups is 1. The van der Waals surface area contributed by atoms with Gasteiger partial charge in [-0.25, -0.2) is 8.42 Å². The molecule has 0 spiro atoms. The van der Waals surface area contributed by atoms with Crippen LogP contribution >= 0.6 is 0 Å². The fraction of sp³-hybridized carbons (Fsp3) is 0.278. The number of carbonyl (C=O) groups excluding carboxylic acids is 1. The van der Waals surface area contributed by atoms with Crippen LogP contribution in [-0.4, -0.2) is 40.8 Å². The molecule has 0 radical (unpaired) electrons. The standard InChI is InChI=1S/C18H22N2O4S/c1-14-7-6-8-15(13-14)20(25(3,22)23)12-11-19-18(21)16-9-4-5-10-17(16)24-2/h4-10,13H,11-12H2,1-3H3,(H,19,21). The quantitative estimate of drug-likeness (QED) is 0.819. The number of nitrogens with one attached hydrogen (secondary N) is 1. The predicted molar refractivity (Wildman–Crippen MR) is 98.7 cm³/mol. The SMILES string of the molecule is COc1ccccc1C(=O)NCCN(c1cccc(C)c1)S(C)(=O)=O. The summed E-state index contributed by atoms with van der Waals surface area (Å²) in [6.07, 6.45) is 1.15. The van der Waals surface area contributed by atoms with Crippen molar-refractivity contribution >= 4 is 21.6 Å².